The first-order valence-corrected chi connectivity index (χ1v) is 8.96. The lowest BCUT2D eigenvalue weighted by molar-refractivity contribution is -0.123. The Kier molecular flexibility index (Phi) is 5.67. The van der Waals surface area contributed by atoms with Gasteiger partial charge in [0.25, 0.3) is 0 Å². The Morgan fingerprint density at radius 3 is 2.76 bits per heavy atom. The van der Waals surface area contributed by atoms with Crippen LogP contribution in [0.25, 0.3) is 0 Å². The molecule has 0 bridgehead atoms. The molecule has 3 N–H and O–H groups in total. The molecule has 0 radical (unpaired) electrons. The molecule has 1 aromatic heterocycles. The second kappa shape index (κ2) is 8.13. The van der Waals surface area contributed by atoms with E-state index in [1.54, 1.807) is 35.6 Å². The maximum atomic E-state index is 12.2. The van der Waals surface area contributed by atoms with Crippen molar-refractivity contribution in [1.29, 1.82) is 0 Å². The van der Waals surface area contributed by atoms with E-state index in [0.29, 0.717) is 37.4 Å². The van der Waals surface area contributed by atoms with Gasteiger partial charge < -0.3 is 20.5 Å². The van der Waals surface area contributed by atoms with E-state index in [1.165, 1.54) is 0 Å². The Hall–Kier alpha value is -2.38. The van der Waals surface area contributed by atoms with Crippen molar-refractivity contribution in [2.45, 2.75) is 25.0 Å². The van der Waals surface area contributed by atoms with Crippen molar-refractivity contribution in [2.75, 3.05) is 13.2 Å². The first-order chi connectivity index (χ1) is 12.1. The zero-order valence-electron chi connectivity index (χ0n) is 13.6. The van der Waals surface area contributed by atoms with E-state index in [2.05, 4.69) is 5.32 Å². The molecule has 1 aliphatic heterocycles. The zero-order valence-corrected chi connectivity index (χ0v) is 14.5. The summed E-state index contributed by atoms with van der Waals surface area (Å²) in [6.07, 6.45) is 0.857. The van der Waals surface area contributed by atoms with Crippen LogP contribution in [0.1, 0.15) is 21.7 Å². The maximum absolute atomic E-state index is 12.2. The molecule has 1 aliphatic rings. The highest BCUT2D eigenvalue weighted by molar-refractivity contribution is 7.10. The second-order valence-corrected chi connectivity index (χ2v) is 6.87. The van der Waals surface area contributed by atoms with Crippen LogP contribution in [0.4, 0.5) is 0 Å². The molecule has 6 nitrogen and oxygen atoms in total. The summed E-state index contributed by atoms with van der Waals surface area (Å²) in [5.41, 5.74) is 5.67. The third-order valence-corrected chi connectivity index (χ3v) is 4.86. The molecule has 1 fully saturated rings. The van der Waals surface area contributed by atoms with Crippen LogP contribution in [-0.2, 0) is 16.0 Å². The summed E-state index contributed by atoms with van der Waals surface area (Å²) in [5, 5.41) is 4.95. The number of thiophene rings is 1. The topological polar surface area (TPSA) is 90.7 Å². The van der Waals surface area contributed by atoms with Crippen LogP contribution in [0.2, 0.25) is 0 Å². The van der Waals surface area contributed by atoms with Crippen LogP contribution in [-0.4, -0.2) is 37.2 Å². The molecule has 7 heteroatoms. The van der Waals surface area contributed by atoms with Crippen LogP contribution in [0.5, 0.6) is 5.75 Å². The number of nitrogens with one attached hydrogen (secondary N) is 1. The highest BCUT2D eigenvalue weighted by Gasteiger charge is 2.29. The number of primary amides is 1. The van der Waals surface area contributed by atoms with Crippen LogP contribution in [0.3, 0.4) is 0 Å². The number of ether oxygens (including phenoxy) is 2. The highest BCUT2D eigenvalue weighted by atomic mass is 32.1. The van der Waals surface area contributed by atoms with E-state index in [0.717, 1.165) is 4.88 Å². The highest BCUT2D eigenvalue weighted by Crippen LogP contribution is 2.19. The molecule has 2 heterocycles. The molecule has 0 unspecified atom stereocenters. The van der Waals surface area contributed by atoms with Gasteiger partial charge in [-0.1, -0.05) is 6.07 Å². The summed E-state index contributed by atoms with van der Waals surface area (Å²) >= 11 is 1.56. The lowest BCUT2D eigenvalue weighted by atomic mass is 10.1. The fraction of sp³-hybridized carbons (Fsp3) is 0.333. The number of carbonyl (C=O) groups is 2. The monoisotopic (exact) mass is 360 g/mol. The van der Waals surface area contributed by atoms with E-state index < -0.39 is 5.91 Å². The average molecular weight is 360 g/mol. The molecule has 0 aliphatic carbocycles. The first-order valence-electron chi connectivity index (χ1n) is 8.08. The van der Waals surface area contributed by atoms with Crippen LogP contribution in [0, 0.1) is 0 Å². The predicted molar refractivity (Wildman–Crippen MR) is 94.8 cm³/mol. The Bertz CT molecular complexity index is 715. The van der Waals surface area contributed by atoms with Crippen LogP contribution in [0.15, 0.2) is 41.8 Å². The molecule has 2 aromatic rings. The molecule has 0 saturated carbocycles. The van der Waals surface area contributed by atoms with Crippen molar-refractivity contribution in [3.8, 4) is 5.75 Å². The van der Waals surface area contributed by atoms with Crippen LogP contribution < -0.4 is 15.8 Å². The Morgan fingerprint density at radius 1 is 1.28 bits per heavy atom. The molecule has 1 saturated heterocycles. The van der Waals surface area contributed by atoms with Crippen molar-refractivity contribution in [1.82, 2.24) is 5.32 Å². The van der Waals surface area contributed by atoms with E-state index in [1.807, 2.05) is 17.5 Å². The van der Waals surface area contributed by atoms with Crippen molar-refractivity contribution in [3.63, 3.8) is 0 Å². The van der Waals surface area contributed by atoms with Gasteiger partial charge in [0, 0.05) is 16.9 Å². The second-order valence-electron chi connectivity index (χ2n) is 5.84. The molecule has 3 rings (SSSR count). The van der Waals surface area contributed by atoms with Crippen LogP contribution >= 0.6 is 11.3 Å². The first kappa shape index (κ1) is 17.4. The lowest BCUT2D eigenvalue weighted by Gasteiger charge is -2.32. The summed E-state index contributed by atoms with van der Waals surface area (Å²) in [6, 6.07) is 10.3. The van der Waals surface area contributed by atoms with E-state index >= 15 is 0 Å². The van der Waals surface area contributed by atoms with E-state index in [9.17, 15) is 9.59 Å². The Balaban J connectivity index is 1.60. The van der Waals surface area contributed by atoms with Crippen molar-refractivity contribution < 1.29 is 19.1 Å². The Labute approximate surface area is 149 Å². The van der Waals surface area contributed by atoms with E-state index in [4.69, 9.17) is 15.2 Å². The van der Waals surface area contributed by atoms with Gasteiger partial charge in [-0.05, 0) is 35.7 Å². The number of nitrogens with two attached hydrogens (primary N) is 1. The quantitative estimate of drug-likeness (QED) is 0.821. The standard InChI is InChI=1S/C18H20N2O4S/c19-18(22)12-3-5-13(6-4-12)24-16-7-8-23-11-15(16)20-17(21)10-14-2-1-9-25-14/h1-6,9,15-16H,7-8,10-11H2,(H2,19,22)(H,20,21)/t15-,16-/m1/s1. The van der Waals surface area contributed by atoms with Gasteiger partial charge in [0.15, 0.2) is 0 Å². The lowest BCUT2D eigenvalue weighted by Crippen LogP contribution is -2.52. The predicted octanol–water partition coefficient (Wildman–Crippen LogP) is 1.74. The summed E-state index contributed by atoms with van der Waals surface area (Å²) in [7, 11) is 0. The van der Waals surface area contributed by atoms with Gasteiger partial charge in [-0.3, -0.25) is 9.59 Å². The maximum Gasteiger partial charge on any atom is 0.248 e. The number of amides is 2. The molecular weight excluding hydrogens is 340 g/mol. The number of benzene rings is 1. The normalized spacial score (nSPS) is 20.0. The minimum atomic E-state index is -0.476. The molecule has 2 amide bonds. The zero-order chi connectivity index (χ0) is 17.6. The number of rotatable bonds is 6. The molecule has 1 aromatic carbocycles. The summed E-state index contributed by atoms with van der Waals surface area (Å²) in [5.74, 6) is 0.112. The fourth-order valence-corrected chi connectivity index (χ4v) is 3.40. The van der Waals surface area contributed by atoms with Crippen molar-refractivity contribution >= 4 is 23.2 Å². The molecular formula is C18H20N2O4S. The third-order valence-electron chi connectivity index (χ3n) is 3.98. The minimum Gasteiger partial charge on any atom is -0.488 e. The fourth-order valence-electron chi connectivity index (χ4n) is 2.70. The average Bonchev–Trinajstić information content (AvgIpc) is 3.10. The molecule has 2 atom stereocenters. The summed E-state index contributed by atoms with van der Waals surface area (Å²) < 4.78 is 11.5. The van der Waals surface area contributed by atoms with E-state index in [-0.39, 0.29) is 18.1 Å². The number of hydrogen-bond acceptors (Lipinski definition) is 5. The van der Waals surface area contributed by atoms with Gasteiger partial charge in [0.2, 0.25) is 11.8 Å². The SMILES string of the molecule is NC(=O)c1ccc(O[C@@H]2CCOC[C@H]2NC(=O)Cc2cccs2)cc1. The summed E-state index contributed by atoms with van der Waals surface area (Å²) in [4.78, 5) is 24.4. The van der Waals surface area contributed by atoms with Gasteiger partial charge in [0.05, 0.1) is 25.7 Å². The molecule has 0 spiro atoms. The van der Waals surface area contributed by atoms with Gasteiger partial charge in [0.1, 0.15) is 11.9 Å². The molecule has 132 valence electrons. The van der Waals surface area contributed by atoms with Gasteiger partial charge >= 0.3 is 0 Å². The number of carbonyl (C=O) groups excluding carboxylic acids is 2. The molecule has 25 heavy (non-hydrogen) atoms. The number of hydrogen-bond donors (Lipinski definition) is 2. The smallest absolute Gasteiger partial charge is 0.248 e. The third kappa shape index (κ3) is 4.80. The van der Waals surface area contributed by atoms with Crippen molar-refractivity contribution in [3.05, 3.63) is 52.2 Å². The summed E-state index contributed by atoms with van der Waals surface area (Å²) in [6.45, 7) is 1.00. The van der Waals surface area contributed by atoms with Gasteiger partial charge in [-0.2, -0.15) is 0 Å². The largest absolute Gasteiger partial charge is 0.488 e. The minimum absolute atomic E-state index is 0.0457. The van der Waals surface area contributed by atoms with Crippen molar-refractivity contribution in [2.24, 2.45) is 5.73 Å². The van der Waals surface area contributed by atoms with Gasteiger partial charge in [-0.25, -0.2) is 0 Å². The van der Waals surface area contributed by atoms with Gasteiger partial charge in [-0.15, -0.1) is 11.3 Å². The Morgan fingerprint density at radius 2 is 2.08 bits per heavy atom.